The first-order valence-electron chi connectivity index (χ1n) is 11.9. The number of rotatable bonds is 5. The number of H-pyrrole nitrogens is 1. The van der Waals surface area contributed by atoms with Crippen molar-refractivity contribution in [1.82, 2.24) is 25.2 Å². The van der Waals surface area contributed by atoms with E-state index in [2.05, 4.69) is 29.9 Å². The third kappa shape index (κ3) is 5.63. The van der Waals surface area contributed by atoms with E-state index in [1.54, 1.807) is 30.0 Å². The number of aromatic nitrogens is 3. The Morgan fingerprint density at radius 1 is 1.05 bits per heavy atom. The minimum atomic E-state index is -4.79. The van der Waals surface area contributed by atoms with Crippen molar-refractivity contribution in [2.45, 2.75) is 19.3 Å². The maximum absolute atomic E-state index is 13.3. The largest absolute Gasteiger partial charge is 0.573 e. The highest BCUT2D eigenvalue weighted by Crippen LogP contribution is 2.30. The molecule has 0 bridgehead atoms. The van der Waals surface area contributed by atoms with Crippen molar-refractivity contribution in [2.24, 2.45) is 0 Å². The summed E-state index contributed by atoms with van der Waals surface area (Å²) in [5.74, 6) is 0.0772. The average molecular weight is 529 g/mol. The van der Waals surface area contributed by atoms with Gasteiger partial charge >= 0.3 is 12.4 Å². The van der Waals surface area contributed by atoms with Gasteiger partial charge in [0.1, 0.15) is 29.4 Å². The van der Waals surface area contributed by atoms with Crippen LogP contribution in [0.4, 0.5) is 28.2 Å². The van der Waals surface area contributed by atoms with E-state index >= 15 is 0 Å². The first kappa shape index (κ1) is 25.3. The second-order valence-electron chi connectivity index (χ2n) is 8.92. The zero-order chi connectivity index (χ0) is 26.9. The van der Waals surface area contributed by atoms with Crippen LogP contribution in [-0.2, 0) is 0 Å². The van der Waals surface area contributed by atoms with E-state index in [0.29, 0.717) is 37.4 Å². The number of amides is 2. The Morgan fingerprint density at radius 2 is 1.79 bits per heavy atom. The Balaban J connectivity index is 1.22. The molecule has 3 heterocycles. The smallest absolute Gasteiger partial charge is 0.406 e. The standard InChI is InChI=1S/C26H24F4N6O2/c1-16(18-3-2-4-20(13-18)38-26(28,29)30)33-25(37)36-11-9-35(10-12-36)24-21-14-22(34-23(21)31-15-32-24)17-5-7-19(27)8-6-17/h2-8,13-16H,9-12H2,1H3,(H,33,37)(H,31,32,34)/t16-/m0/s1. The third-order valence-corrected chi connectivity index (χ3v) is 6.36. The number of carbonyl (C=O) groups excluding carboxylic acids is 1. The summed E-state index contributed by atoms with van der Waals surface area (Å²) in [5, 5.41) is 3.66. The van der Waals surface area contributed by atoms with Gasteiger partial charge in [0.25, 0.3) is 0 Å². The second-order valence-corrected chi connectivity index (χ2v) is 8.92. The van der Waals surface area contributed by atoms with E-state index in [4.69, 9.17) is 0 Å². The molecule has 0 radical (unpaired) electrons. The lowest BCUT2D eigenvalue weighted by molar-refractivity contribution is -0.274. The van der Waals surface area contributed by atoms with E-state index in [-0.39, 0.29) is 17.6 Å². The predicted octanol–water partition coefficient (Wildman–Crippen LogP) is 5.26. The predicted molar refractivity (Wildman–Crippen MR) is 133 cm³/mol. The van der Waals surface area contributed by atoms with Gasteiger partial charge in [-0.2, -0.15) is 0 Å². The molecular formula is C26H24F4N6O2. The van der Waals surface area contributed by atoms with Crippen LogP contribution in [0.3, 0.4) is 0 Å². The number of piperazine rings is 1. The Hall–Kier alpha value is -4.35. The molecule has 1 aliphatic rings. The van der Waals surface area contributed by atoms with Gasteiger partial charge in [0.2, 0.25) is 0 Å². The van der Waals surface area contributed by atoms with Gasteiger partial charge in [0.15, 0.2) is 0 Å². The number of alkyl halides is 3. The number of ether oxygens (including phenoxy) is 1. The highest BCUT2D eigenvalue weighted by Gasteiger charge is 2.31. The highest BCUT2D eigenvalue weighted by molar-refractivity contribution is 5.92. The molecule has 12 heteroatoms. The van der Waals surface area contributed by atoms with Crippen molar-refractivity contribution < 1.29 is 27.1 Å². The Kier molecular flexibility index (Phi) is 6.79. The molecule has 198 valence electrons. The van der Waals surface area contributed by atoms with Gasteiger partial charge in [-0.1, -0.05) is 12.1 Å². The van der Waals surface area contributed by atoms with Crippen LogP contribution in [0.5, 0.6) is 5.75 Å². The number of anilines is 1. The van der Waals surface area contributed by atoms with Crippen LogP contribution in [-0.4, -0.2) is 58.4 Å². The minimum absolute atomic E-state index is 0.313. The average Bonchev–Trinajstić information content (AvgIpc) is 3.33. The molecule has 1 atom stereocenters. The van der Waals surface area contributed by atoms with E-state index in [0.717, 1.165) is 22.5 Å². The molecule has 2 aromatic heterocycles. The molecule has 1 saturated heterocycles. The molecule has 1 fully saturated rings. The van der Waals surface area contributed by atoms with Crippen LogP contribution >= 0.6 is 0 Å². The van der Waals surface area contributed by atoms with E-state index in [9.17, 15) is 22.4 Å². The van der Waals surface area contributed by atoms with E-state index < -0.39 is 12.4 Å². The van der Waals surface area contributed by atoms with Gasteiger partial charge in [-0.3, -0.25) is 0 Å². The number of urea groups is 1. The summed E-state index contributed by atoms with van der Waals surface area (Å²) in [6, 6.07) is 12.8. The number of halogens is 4. The number of hydrogen-bond donors (Lipinski definition) is 2. The molecule has 0 saturated carbocycles. The fourth-order valence-corrected chi connectivity index (χ4v) is 4.43. The van der Waals surface area contributed by atoms with Crippen LogP contribution in [0.2, 0.25) is 0 Å². The van der Waals surface area contributed by atoms with Crippen molar-refractivity contribution >= 4 is 22.9 Å². The van der Waals surface area contributed by atoms with Gasteiger partial charge in [-0.25, -0.2) is 19.2 Å². The quantitative estimate of drug-likeness (QED) is 0.346. The van der Waals surface area contributed by atoms with Crippen molar-refractivity contribution in [3.8, 4) is 17.0 Å². The summed E-state index contributed by atoms with van der Waals surface area (Å²) in [5.41, 5.74) is 2.76. The lowest BCUT2D eigenvalue weighted by Gasteiger charge is -2.36. The second kappa shape index (κ2) is 10.2. The molecule has 0 aliphatic carbocycles. The fourth-order valence-electron chi connectivity index (χ4n) is 4.43. The summed E-state index contributed by atoms with van der Waals surface area (Å²) in [6.07, 6.45) is -3.32. The highest BCUT2D eigenvalue weighted by atomic mass is 19.4. The molecule has 2 aromatic carbocycles. The molecule has 8 nitrogen and oxygen atoms in total. The van der Waals surface area contributed by atoms with Crippen LogP contribution in [0.1, 0.15) is 18.5 Å². The summed E-state index contributed by atoms with van der Waals surface area (Å²) in [4.78, 5) is 28.6. The lowest BCUT2D eigenvalue weighted by atomic mass is 10.1. The first-order chi connectivity index (χ1) is 18.2. The van der Waals surface area contributed by atoms with Gasteiger partial charge < -0.3 is 24.8 Å². The van der Waals surface area contributed by atoms with Crippen LogP contribution in [0.25, 0.3) is 22.3 Å². The molecule has 2 N–H and O–H groups in total. The first-order valence-corrected chi connectivity index (χ1v) is 11.9. The topological polar surface area (TPSA) is 86.4 Å². The summed E-state index contributed by atoms with van der Waals surface area (Å²) in [7, 11) is 0. The number of benzene rings is 2. The molecule has 38 heavy (non-hydrogen) atoms. The fraction of sp³-hybridized carbons (Fsp3) is 0.269. The van der Waals surface area contributed by atoms with Crippen molar-refractivity contribution in [1.29, 1.82) is 0 Å². The normalized spacial score (nSPS) is 15.0. The summed E-state index contributed by atoms with van der Waals surface area (Å²) >= 11 is 0. The maximum atomic E-state index is 13.3. The number of nitrogens with zero attached hydrogens (tertiary/aromatic N) is 4. The Labute approximate surface area is 215 Å². The lowest BCUT2D eigenvalue weighted by Crippen LogP contribution is -2.52. The van der Waals surface area contributed by atoms with Crippen LogP contribution in [0.15, 0.2) is 60.9 Å². The number of hydrogen-bond acceptors (Lipinski definition) is 5. The molecule has 0 spiro atoms. The number of nitrogens with one attached hydrogen (secondary N) is 2. The Bertz CT molecular complexity index is 1430. The minimum Gasteiger partial charge on any atom is -0.406 e. The number of aromatic amines is 1. The molecule has 2 amide bonds. The van der Waals surface area contributed by atoms with Crippen LogP contribution in [0, 0.1) is 5.82 Å². The van der Waals surface area contributed by atoms with Gasteiger partial charge in [0, 0.05) is 31.9 Å². The monoisotopic (exact) mass is 528 g/mol. The van der Waals surface area contributed by atoms with Crippen LogP contribution < -0.4 is 15.0 Å². The molecule has 4 aromatic rings. The summed E-state index contributed by atoms with van der Waals surface area (Å²) < 4.78 is 54.9. The van der Waals surface area contributed by atoms with E-state index in [1.165, 1.54) is 36.7 Å². The van der Waals surface area contributed by atoms with E-state index in [1.807, 2.05) is 6.07 Å². The molecule has 1 aliphatic heterocycles. The molecule has 0 unspecified atom stereocenters. The Morgan fingerprint density at radius 3 is 2.50 bits per heavy atom. The maximum Gasteiger partial charge on any atom is 0.573 e. The summed E-state index contributed by atoms with van der Waals surface area (Å²) in [6.45, 7) is 3.61. The van der Waals surface area contributed by atoms with Gasteiger partial charge in [-0.15, -0.1) is 13.2 Å². The number of fused-ring (bicyclic) bond motifs is 1. The zero-order valence-electron chi connectivity index (χ0n) is 20.3. The van der Waals surface area contributed by atoms with Crippen molar-refractivity contribution in [2.75, 3.05) is 31.1 Å². The van der Waals surface area contributed by atoms with Gasteiger partial charge in [-0.05, 0) is 60.5 Å². The third-order valence-electron chi connectivity index (χ3n) is 6.36. The molecular weight excluding hydrogens is 504 g/mol. The van der Waals surface area contributed by atoms with Crippen molar-refractivity contribution in [3.63, 3.8) is 0 Å². The molecule has 5 rings (SSSR count). The SMILES string of the molecule is C[C@H](NC(=O)N1CCN(c2ncnc3[nH]c(-c4ccc(F)cc4)cc23)CC1)c1cccc(OC(F)(F)F)c1. The van der Waals surface area contributed by atoms with Crippen molar-refractivity contribution in [3.05, 3.63) is 72.3 Å². The van der Waals surface area contributed by atoms with Gasteiger partial charge in [0.05, 0.1) is 11.4 Å². The number of carbonyl (C=O) groups is 1. The zero-order valence-corrected chi connectivity index (χ0v) is 20.3.